The van der Waals surface area contributed by atoms with Gasteiger partial charge in [0.15, 0.2) is 0 Å². The van der Waals surface area contributed by atoms with E-state index < -0.39 is 14.9 Å². The average Bonchev–Trinajstić information content (AvgIpc) is 2.17. The number of non-ortho nitro benzene ring substituents is 1. The minimum Gasteiger partial charge on any atom is -0.258 e. The van der Waals surface area contributed by atoms with Crippen LogP contribution in [0.4, 0.5) is 5.69 Å². The first-order valence-corrected chi connectivity index (χ1v) is 5.34. The van der Waals surface area contributed by atoms with Crippen LogP contribution in [0.25, 0.3) is 0 Å². The Bertz CT molecular complexity index is 487. The van der Waals surface area contributed by atoms with E-state index in [0.29, 0.717) is 0 Å². The summed E-state index contributed by atoms with van der Waals surface area (Å²) in [6, 6.07) is 4.42. The predicted octanol–water partition coefficient (Wildman–Crippen LogP) is 0.613. The predicted molar refractivity (Wildman–Crippen MR) is 52.2 cm³/mol. The van der Waals surface area contributed by atoms with Gasteiger partial charge in [0.2, 0.25) is 0 Å². The molecule has 0 fully saturated rings. The number of nitrogens with zero attached hydrogens (tertiary/aromatic N) is 2. The lowest BCUT2D eigenvalue weighted by molar-refractivity contribution is -0.385. The fourth-order valence-electron chi connectivity index (χ4n) is 0.858. The molecule has 7 nitrogen and oxygen atoms in total. The highest BCUT2D eigenvalue weighted by Gasteiger charge is 2.21. The van der Waals surface area contributed by atoms with E-state index in [-0.39, 0.29) is 14.5 Å². The van der Waals surface area contributed by atoms with Gasteiger partial charge < -0.3 is 0 Å². The Balaban J connectivity index is 3.29. The Morgan fingerprint density at radius 1 is 1.47 bits per heavy atom. The molecular formula is C6H6ClN3O4S. The van der Waals surface area contributed by atoms with Crippen LogP contribution in [-0.2, 0) is 10.0 Å². The number of hydrogen-bond donors (Lipinski definition) is 1. The van der Waals surface area contributed by atoms with E-state index in [4.69, 9.17) is 17.6 Å². The lowest BCUT2D eigenvalue weighted by atomic mass is 10.3. The van der Waals surface area contributed by atoms with E-state index in [0.717, 1.165) is 18.2 Å². The summed E-state index contributed by atoms with van der Waals surface area (Å²) in [5, 5.41) is 10.4. The molecule has 82 valence electrons. The van der Waals surface area contributed by atoms with Crippen LogP contribution in [0.1, 0.15) is 0 Å². The smallest absolute Gasteiger partial charge is 0.258 e. The molecule has 0 saturated heterocycles. The van der Waals surface area contributed by atoms with Crippen molar-refractivity contribution in [3.63, 3.8) is 0 Å². The molecule has 0 aliphatic heterocycles. The van der Waals surface area contributed by atoms with Crippen LogP contribution in [0.5, 0.6) is 0 Å². The van der Waals surface area contributed by atoms with Gasteiger partial charge in [0, 0.05) is 23.9 Å². The number of benzene rings is 1. The van der Waals surface area contributed by atoms with Crippen molar-refractivity contribution in [2.45, 2.75) is 4.90 Å². The standard InChI is InChI=1S/C6H6ClN3O4S/c7-10(8)15(13,14)6-3-1-2-5(4-6)9(11)12/h1-4H,8H2. The van der Waals surface area contributed by atoms with Crippen LogP contribution in [-0.4, -0.2) is 17.3 Å². The number of rotatable bonds is 3. The molecule has 0 spiro atoms. The third-order valence-corrected chi connectivity index (χ3v) is 3.41. The van der Waals surface area contributed by atoms with Crippen molar-refractivity contribution in [1.82, 2.24) is 3.93 Å². The fraction of sp³-hybridized carbons (Fsp3) is 0. The van der Waals surface area contributed by atoms with Crippen LogP contribution in [0.3, 0.4) is 0 Å². The maximum absolute atomic E-state index is 11.4. The zero-order chi connectivity index (χ0) is 11.6. The molecule has 2 N–H and O–H groups in total. The zero-order valence-electron chi connectivity index (χ0n) is 7.20. The van der Waals surface area contributed by atoms with Gasteiger partial charge >= 0.3 is 0 Å². The maximum atomic E-state index is 11.4. The molecule has 0 heterocycles. The van der Waals surface area contributed by atoms with Crippen molar-refractivity contribution < 1.29 is 13.3 Å². The van der Waals surface area contributed by atoms with Crippen LogP contribution in [0.2, 0.25) is 0 Å². The van der Waals surface area contributed by atoms with Crippen LogP contribution < -0.4 is 5.84 Å². The molecule has 1 rings (SSSR count). The molecule has 1 aromatic carbocycles. The summed E-state index contributed by atoms with van der Waals surface area (Å²) in [5.41, 5.74) is -0.352. The van der Waals surface area contributed by atoms with Gasteiger partial charge in [-0.2, -0.15) is 0 Å². The summed E-state index contributed by atoms with van der Waals surface area (Å²) in [6.07, 6.45) is 0. The van der Waals surface area contributed by atoms with E-state index >= 15 is 0 Å². The van der Waals surface area contributed by atoms with E-state index in [1.54, 1.807) is 0 Å². The summed E-state index contributed by atoms with van der Waals surface area (Å²) in [4.78, 5) is 9.33. The quantitative estimate of drug-likeness (QED) is 0.367. The Morgan fingerprint density at radius 2 is 2.07 bits per heavy atom. The molecule has 0 bridgehead atoms. The maximum Gasteiger partial charge on any atom is 0.270 e. The van der Waals surface area contributed by atoms with E-state index in [1.807, 2.05) is 0 Å². The normalized spacial score (nSPS) is 11.7. The third kappa shape index (κ3) is 2.42. The highest BCUT2D eigenvalue weighted by molar-refractivity contribution is 7.90. The minimum absolute atomic E-state index is 0.0218. The van der Waals surface area contributed by atoms with Crippen LogP contribution in [0, 0.1) is 10.1 Å². The Kier molecular flexibility index (Phi) is 3.25. The lowest BCUT2D eigenvalue weighted by Crippen LogP contribution is -2.28. The number of sulfonamides is 1. The molecular weight excluding hydrogens is 246 g/mol. The van der Waals surface area contributed by atoms with Gasteiger partial charge in [-0.05, 0) is 10.00 Å². The van der Waals surface area contributed by atoms with Crippen molar-refractivity contribution in [3.8, 4) is 0 Å². The fourth-order valence-corrected chi connectivity index (χ4v) is 1.82. The van der Waals surface area contributed by atoms with Gasteiger partial charge in [-0.1, -0.05) is 6.07 Å². The SMILES string of the molecule is NN(Cl)S(=O)(=O)c1cccc([N+](=O)[O-])c1. The van der Waals surface area contributed by atoms with Crippen molar-refractivity contribution in [3.05, 3.63) is 34.4 Å². The zero-order valence-corrected chi connectivity index (χ0v) is 8.77. The number of nitrogens with two attached hydrogens (primary N) is 1. The molecule has 0 aromatic heterocycles. The molecule has 0 amide bonds. The number of hydrazine groups is 1. The molecule has 0 radical (unpaired) electrons. The first-order chi connectivity index (χ1) is 6.85. The number of hydrogen-bond acceptors (Lipinski definition) is 5. The van der Waals surface area contributed by atoms with Crippen LogP contribution in [0.15, 0.2) is 29.2 Å². The number of halogens is 1. The molecule has 0 aliphatic rings. The molecule has 0 aliphatic carbocycles. The highest BCUT2D eigenvalue weighted by Crippen LogP contribution is 2.19. The summed E-state index contributed by atoms with van der Waals surface area (Å²) < 4.78 is 22.7. The van der Waals surface area contributed by atoms with E-state index in [9.17, 15) is 18.5 Å². The van der Waals surface area contributed by atoms with E-state index in [1.165, 1.54) is 6.07 Å². The number of nitro groups is 1. The Labute approximate surface area is 90.3 Å². The summed E-state index contributed by atoms with van der Waals surface area (Å²) >= 11 is 5.09. The Morgan fingerprint density at radius 3 is 2.53 bits per heavy atom. The number of nitro benzene ring substituents is 1. The van der Waals surface area contributed by atoms with Gasteiger partial charge in [-0.15, -0.1) is 0 Å². The van der Waals surface area contributed by atoms with Crippen molar-refractivity contribution in [2.24, 2.45) is 5.84 Å². The molecule has 0 unspecified atom stereocenters. The summed E-state index contributed by atoms with van der Waals surface area (Å²) in [6.45, 7) is 0. The van der Waals surface area contributed by atoms with Gasteiger partial charge in [0.25, 0.3) is 15.7 Å². The Hall–Kier alpha value is -1.22. The van der Waals surface area contributed by atoms with Crippen molar-refractivity contribution in [1.29, 1.82) is 0 Å². The second kappa shape index (κ2) is 4.11. The van der Waals surface area contributed by atoms with Crippen LogP contribution >= 0.6 is 11.8 Å². The largest absolute Gasteiger partial charge is 0.270 e. The second-order valence-electron chi connectivity index (χ2n) is 2.50. The summed E-state index contributed by atoms with van der Waals surface area (Å²) in [5.74, 6) is 4.87. The van der Waals surface area contributed by atoms with Gasteiger partial charge in [0.1, 0.15) is 0 Å². The third-order valence-electron chi connectivity index (χ3n) is 1.56. The molecule has 15 heavy (non-hydrogen) atoms. The molecule has 0 atom stereocenters. The molecule has 1 aromatic rings. The average molecular weight is 252 g/mol. The highest BCUT2D eigenvalue weighted by atomic mass is 35.5. The van der Waals surface area contributed by atoms with Gasteiger partial charge in [-0.3, -0.25) is 10.1 Å². The lowest BCUT2D eigenvalue weighted by Gasteiger charge is -2.07. The van der Waals surface area contributed by atoms with Crippen molar-refractivity contribution >= 4 is 27.5 Å². The second-order valence-corrected chi connectivity index (χ2v) is 4.88. The van der Waals surface area contributed by atoms with Gasteiger partial charge in [-0.25, -0.2) is 14.3 Å². The topological polar surface area (TPSA) is 107 Å². The van der Waals surface area contributed by atoms with Crippen molar-refractivity contribution in [2.75, 3.05) is 0 Å². The first-order valence-electron chi connectivity index (χ1n) is 3.56. The van der Waals surface area contributed by atoms with Gasteiger partial charge in [0.05, 0.1) is 9.82 Å². The van der Waals surface area contributed by atoms with E-state index in [2.05, 4.69) is 0 Å². The first kappa shape index (κ1) is 11.9. The molecule has 9 heteroatoms. The molecule has 0 saturated carbocycles. The minimum atomic E-state index is -4.06. The monoisotopic (exact) mass is 251 g/mol. The summed E-state index contributed by atoms with van der Waals surface area (Å²) in [7, 11) is -4.06.